The molecule has 3 aromatic rings. The van der Waals surface area contributed by atoms with E-state index in [2.05, 4.69) is 25.4 Å². The fourth-order valence-corrected chi connectivity index (χ4v) is 7.96. The van der Waals surface area contributed by atoms with Gasteiger partial charge in [-0.2, -0.15) is 0 Å². The van der Waals surface area contributed by atoms with Gasteiger partial charge in [-0.3, -0.25) is 4.57 Å². The monoisotopic (exact) mass is 701 g/mol. The normalized spacial score (nSPS) is 11.8. The van der Waals surface area contributed by atoms with E-state index in [0.717, 1.165) is 15.4 Å². The summed E-state index contributed by atoms with van der Waals surface area (Å²) in [5.74, 6) is 0.987. The molecular formula is C21H18BrCl2F2NNaO5PS3. The molecule has 6 nitrogen and oxygen atoms in total. The Balaban J connectivity index is 0.00000361. The van der Waals surface area contributed by atoms with E-state index in [1.807, 2.05) is 24.3 Å². The Morgan fingerprint density at radius 2 is 1.57 bits per heavy atom. The molecule has 0 aliphatic heterocycles. The molecule has 0 heterocycles. The number of halogens is 5. The van der Waals surface area contributed by atoms with Crippen LogP contribution in [-0.2, 0) is 41.7 Å². The summed E-state index contributed by atoms with van der Waals surface area (Å²) in [4.78, 5) is 1.74. The predicted octanol–water partition coefficient (Wildman–Crippen LogP) is 5.60. The summed E-state index contributed by atoms with van der Waals surface area (Å²) in [5, 5.41) is 5.53. The fraction of sp³-hybridized carbons (Fsp3) is 0.143. The van der Waals surface area contributed by atoms with Gasteiger partial charge in [0.05, 0.1) is 11.2 Å². The van der Waals surface area contributed by atoms with E-state index in [9.17, 15) is 22.0 Å². The molecule has 0 unspecified atom stereocenters. The molecule has 37 heavy (non-hydrogen) atoms. The molecule has 16 heteroatoms. The van der Waals surface area contributed by atoms with Crippen molar-refractivity contribution in [2.75, 3.05) is 0 Å². The van der Waals surface area contributed by atoms with E-state index in [1.54, 1.807) is 30.0 Å². The maximum Gasteiger partial charge on any atom is 1.00 e. The van der Waals surface area contributed by atoms with Gasteiger partial charge in [-0.15, -0.1) is 33.0 Å². The van der Waals surface area contributed by atoms with Crippen LogP contribution < -0.4 is 34.7 Å². The van der Waals surface area contributed by atoms with E-state index in [4.69, 9.17) is 28.3 Å². The number of sulfonamides is 1. The van der Waals surface area contributed by atoms with Gasteiger partial charge in [-0.1, -0.05) is 57.3 Å². The molecular weight excluding hydrogens is 685 g/mol. The Labute approximate surface area is 263 Å². The second-order valence-electron chi connectivity index (χ2n) is 7.30. The van der Waals surface area contributed by atoms with Gasteiger partial charge >= 0.3 is 37.2 Å². The third-order valence-electron chi connectivity index (χ3n) is 4.70. The van der Waals surface area contributed by atoms with E-state index in [-0.39, 0.29) is 40.9 Å². The number of hydrogen-bond donors (Lipinski definition) is 1. The molecule has 0 amide bonds. The Kier molecular flexibility index (Phi) is 13.4. The number of benzene rings is 3. The Morgan fingerprint density at radius 1 is 0.946 bits per heavy atom. The van der Waals surface area contributed by atoms with Crippen LogP contribution >= 0.6 is 70.3 Å². The molecule has 0 spiro atoms. The molecule has 0 atom stereocenters. The summed E-state index contributed by atoms with van der Waals surface area (Å²) in [6.45, 7) is 0. The van der Waals surface area contributed by atoms with Crippen molar-refractivity contribution in [3.63, 3.8) is 0 Å². The summed E-state index contributed by atoms with van der Waals surface area (Å²) >= 11 is 18.5. The standard InChI is InChI=1S/C21H17BrCl2F2NO5PS3.Na.H/c22-18-6-13(4-5-14(18)10-33(28,31-25)32-26)11-34-16-2-1-3-17(8-16)35-12-15-7-21(36(27,29)30)20(24)9-19(15)23;;/h1-9H,10-12H2,(H2,27,29,30);;/q;+1;-1. The van der Waals surface area contributed by atoms with Gasteiger partial charge in [0.2, 0.25) is 10.0 Å². The molecule has 3 rings (SSSR count). The van der Waals surface area contributed by atoms with Gasteiger partial charge in [0, 0.05) is 30.8 Å². The first-order valence-corrected chi connectivity index (χ1v) is 16.6. The van der Waals surface area contributed by atoms with Crippen molar-refractivity contribution in [2.45, 2.75) is 32.4 Å². The van der Waals surface area contributed by atoms with Crippen LogP contribution in [0.3, 0.4) is 0 Å². The quantitative estimate of drug-likeness (QED) is 0.158. The van der Waals surface area contributed by atoms with Gasteiger partial charge in [0.25, 0.3) is 0 Å². The van der Waals surface area contributed by atoms with Crippen molar-refractivity contribution in [3.05, 3.63) is 85.8 Å². The Morgan fingerprint density at radius 3 is 2.14 bits per heavy atom. The van der Waals surface area contributed by atoms with Crippen LogP contribution in [0, 0.1) is 0 Å². The van der Waals surface area contributed by atoms with Crippen LogP contribution in [0.15, 0.2) is 73.8 Å². The van der Waals surface area contributed by atoms with Gasteiger partial charge in [-0.05, 0) is 62.1 Å². The smallest absolute Gasteiger partial charge is 1.00 e. The van der Waals surface area contributed by atoms with E-state index < -0.39 is 23.8 Å². The molecule has 0 saturated carbocycles. The minimum atomic E-state index is -4.48. The molecule has 2 N–H and O–H groups in total. The summed E-state index contributed by atoms with van der Waals surface area (Å²) in [6.07, 6.45) is -0.566. The van der Waals surface area contributed by atoms with Crippen LogP contribution in [0.25, 0.3) is 0 Å². The molecule has 0 aliphatic rings. The molecule has 0 saturated heterocycles. The zero-order chi connectivity index (χ0) is 26.5. The zero-order valence-electron chi connectivity index (χ0n) is 20.0. The van der Waals surface area contributed by atoms with Crippen molar-refractivity contribution in [2.24, 2.45) is 5.14 Å². The van der Waals surface area contributed by atoms with Crippen molar-refractivity contribution >= 4 is 80.3 Å². The molecule has 0 bridgehead atoms. The topological polar surface area (TPSA) is 95.7 Å². The van der Waals surface area contributed by atoms with Crippen LogP contribution in [0.1, 0.15) is 18.1 Å². The third kappa shape index (κ3) is 9.74. The first-order chi connectivity index (χ1) is 16.9. The number of hydrogen-bond acceptors (Lipinski definition) is 7. The minimum Gasteiger partial charge on any atom is -1.00 e. The summed E-state index contributed by atoms with van der Waals surface area (Å²) in [6, 6.07) is 15.6. The molecule has 0 fully saturated rings. The first kappa shape index (κ1) is 33.5. The third-order valence-corrected chi connectivity index (χ3v) is 10.4. The van der Waals surface area contributed by atoms with E-state index in [0.29, 0.717) is 32.1 Å². The van der Waals surface area contributed by atoms with Crippen molar-refractivity contribution < 1.29 is 62.5 Å². The maximum absolute atomic E-state index is 12.3. The second kappa shape index (κ2) is 14.8. The summed E-state index contributed by atoms with van der Waals surface area (Å²) in [7, 11) is -8.46. The van der Waals surface area contributed by atoms with Gasteiger partial charge in [-0.25, -0.2) is 13.6 Å². The summed E-state index contributed by atoms with van der Waals surface area (Å²) in [5.41, 5.74) is 1.86. The molecule has 0 aromatic heterocycles. The van der Waals surface area contributed by atoms with Gasteiger partial charge < -0.3 is 1.43 Å². The first-order valence-electron chi connectivity index (χ1n) is 9.77. The predicted molar refractivity (Wildman–Crippen MR) is 144 cm³/mol. The summed E-state index contributed by atoms with van der Waals surface area (Å²) < 4.78 is 66.7. The zero-order valence-corrected chi connectivity index (χ0v) is 27.4. The molecule has 3 aromatic carbocycles. The minimum absolute atomic E-state index is 0. The van der Waals surface area contributed by atoms with Crippen LogP contribution in [0.5, 0.6) is 0 Å². The van der Waals surface area contributed by atoms with E-state index >= 15 is 0 Å². The number of thioether (sulfide) groups is 2. The second-order valence-corrected chi connectivity index (χ2v) is 14.4. The maximum atomic E-state index is 12.3. The number of rotatable bonds is 11. The Hall–Kier alpha value is 0.340. The average molecular weight is 703 g/mol. The van der Waals surface area contributed by atoms with Crippen molar-refractivity contribution in [1.82, 2.24) is 0 Å². The van der Waals surface area contributed by atoms with Crippen LogP contribution in [0.4, 0.5) is 9.05 Å². The fourth-order valence-electron chi connectivity index (χ4n) is 2.96. The van der Waals surface area contributed by atoms with Crippen LogP contribution in [-0.4, -0.2) is 8.42 Å². The van der Waals surface area contributed by atoms with E-state index in [1.165, 1.54) is 23.9 Å². The van der Waals surface area contributed by atoms with Gasteiger partial charge in [0.1, 0.15) is 4.90 Å². The molecule has 196 valence electrons. The SMILES string of the molecule is NS(=O)(=O)c1cc(CSc2cccc(SCc3ccc(CP(=O)(OF)OF)c(Br)c3)c2)c(Cl)cc1Cl.[H-].[Na+]. The van der Waals surface area contributed by atoms with Gasteiger partial charge in [0.15, 0.2) is 0 Å². The average Bonchev–Trinajstić information content (AvgIpc) is 2.83. The largest absolute Gasteiger partial charge is 1.00 e. The van der Waals surface area contributed by atoms with Crippen LogP contribution in [0.2, 0.25) is 10.0 Å². The Bertz CT molecular complexity index is 1420. The number of primary sulfonamides is 1. The molecule has 0 radical (unpaired) electrons. The number of nitrogens with two attached hydrogens (primary N) is 1. The molecule has 0 aliphatic carbocycles. The van der Waals surface area contributed by atoms with Crippen molar-refractivity contribution in [1.29, 1.82) is 0 Å². The van der Waals surface area contributed by atoms with Crippen molar-refractivity contribution in [3.8, 4) is 0 Å².